The highest BCUT2D eigenvalue weighted by atomic mass is 32.2. The Hall–Kier alpha value is -3.06. The van der Waals surface area contributed by atoms with Crippen LogP contribution in [0.5, 0.6) is 0 Å². The van der Waals surface area contributed by atoms with Crippen molar-refractivity contribution in [3.63, 3.8) is 0 Å². The highest BCUT2D eigenvalue weighted by Gasteiger charge is 2.21. The van der Waals surface area contributed by atoms with Crippen molar-refractivity contribution in [2.75, 3.05) is 36.3 Å². The van der Waals surface area contributed by atoms with Crippen molar-refractivity contribution >= 4 is 27.3 Å². The van der Waals surface area contributed by atoms with E-state index >= 15 is 0 Å². The monoisotopic (exact) mass is 399 g/mol. The molecule has 148 valence electrons. The van der Waals surface area contributed by atoms with Crippen LogP contribution in [0.15, 0.2) is 84.8 Å². The molecule has 0 unspecified atom stereocenters. The van der Waals surface area contributed by atoms with E-state index in [9.17, 15) is 13.2 Å². The van der Waals surface area contributed by atoms with Crippen LogP contribution in [-0.2, 0) is 14.8 Å². The van der Waals surface area contributed by atoms with E-state index in [1.54, 1.807) is 53.5 Å². The Labute approximate surface area is 166 Å². The predicted octanol–water partition coefficient (Wildman–Crippen LogP) is 3.12. The number of nitrogens with one attached hydrogen (secondary N) is 1. The maximum Gasteiger partial charge on any atom is 0.264 e. The molecular weight excluding hydrogens is 374 g/mol. The molecule has 0 fully saturated rings. The number of benzene rings is 2. The van der Waals surface area contributed by atoms with Gasteiger partial charge in [-0.05, 0) is 30.3 Å². The molecule has 0 spiro atoms. The summed E-state index contributed by atoms with van der Waals surface area (Å²) in [5.74, 6) is -0.130. The SMILES string of the molecule is C=CCN(CC=C)C(=O)CNc1cccc(S(=O)(=O)N(C)c2ccccc2)c1. The molecule has 2 aromatic carbocycles. The van der Waals surface area contributed by atoms with Gasteiger partial charge in [0.25, 0.3) is 10.0 Å². The summed E-state index contributed by atoms with van der Waals surface area (Å²) in [6, 6.07) is 15.3. The zero-order chi connectivity index (χ0) is 20.6. The smallest absolute Gasteiger partial charge is 0.264 e. The van der Waals surface area contributed by atoms with Crippen molar-refractivity contribution in [3.8, 4) is 0 Å². The van der Waals surface area contributed by atoms with Crippen molar-refractivity contribution in [1.29, 1.82) is 0 Å². The average Bonchev–Trinajstić information content (AvgIpc) is 2.72. The fourth-order valence-corrected chi connectivity index (χ4v) is 3.82. The van der Waals surface area contributed by atoms with Gasteiger partial charge in [0.2, 0.25) is 5.91 Å². The molecule has 0 bridgehead atoms. The number of anilines is 2. The van der Waals surface area contributed by atoms with Crippen LogP contribution in [0.1, 0.15) is 0 Å². The molecule has 28 heavy (non-hydrogen) atoms. The van der Waals surface area contributed by atoms with E-state index in [-0.39, 0.29) is 17.3 Å². The minimum Gasteiger partial charge on any atom is -0.376 e. The second-order valence-electron chi connectivity index (χ2n) is 6.07. The lowest BCUT2D eigenvalue weighted by Crippen LogP contribution is -2.35. The average molecular weight is 400 g/mol. The summed E-state index contributed by atoms with van der Waals surface area (Å²) in [6.07, 6.45) is 3.29. The minimum absolute atomic E-state index is 0.0414. The Morgan fingerprint density at radius 2 is 1.68 bits per heavy atom. The standard InChI is InChI=1S/C21H25N3O3S/c1-4-14-24(15-5-2)21(25)17-22-18-10-9-13-20(16-18)28(26,27)23(3)19-11-7-6-8-12-19/h4-13,16,22H,1-2,14-15,17H2,3H3. The summed E-state index contributed by atoms with van der Waals surface area (Å²) in [5, 5.41) is 2.99. The summed E-state index contributed by atoms with van der Waals surface area (Å²) < 4.78 is 27.0. The first-order valence-corrected chi connectivity index (χ1v) is 10.2. The number of hydrogen-bond acceptors (Lipinski definition) is 4. The van der Waals surface area contributed by atoms with E-state index in [1.807, 2.05) is 6.07 Å². The molecule has 0 atom stereocenters. The summed E-state index contributed by atoms with van der Waals surface area (Å²) in [6.45, 7) is 8.17. The number of para-hydroxylation sites is 1. The topological polar surface area (TPSA) is 69.7 Å². The fourth-order valence-electron chi connectivity index (χ4n) is 2.58. The summed E-state index contributed by atoms with van der Waals surface area (Å²) in [7, 11) is -2.20. The van der Waals surface area contributed by atoms with Gasteiger partial charge in [-0.1, -0.05) is 36.4 Å². The maximum absolute atomic E-state index is 12.9. The number of rotatable bonds is 10. The van der Waals surface area contributed by atoms with Crippen molar-refractivity contribution in [3.05, 3.63) is 79.9 Å². The van der Waals surface area contributed by atoms with Crippen LogP contribution in [0.25, 0.3) is 0 Å². The molecular formula is C21H25N3O3S. The third kappa shape index (κ3) is 5.23. The summed E-state index contributed by atoms with van der Waals surface area (Å²) in [4.78, 5) is 14.1. The Balaban J connectivity index is 2.14. The van der Waals surface area contributed by atoms with Crippen LogP contribution in [0.3, 0.4) is 0 Å². The van der Waals surface area contributed by atoms with Gasteiger partial charge in [0, 0.05) is 25.8 Å². The van der Waals surface area contributed by atoms with E-state index in [4.69, 9.17) is 0 Å². The Morgan fingerprint density at radius 1 is 1.04 bits per heavy atom. The van der Waals surface area contributed by atoms with E-state index < -0.39 is 10.0 Å². The largest absolute Gasteiger partial charge is 0.376 e. The highest BCUT2D eigenvalue weighted by Crippen LogP contribution is 2.23. The van der Waals surface area contributed by atoms with Gasteiger partial charge in [0.1, 0.15) is 0 Å². The van der Waals surface area contributed by atoms with E-state index in [1.165, 1.54) is 23.5 Å². The number of sulfonamides is 1. The van der Waals surface area contributed by atoms with Crippen LogP contribution in [-0.4, -0.2) is 45.9 Å². The molecule has 0 aliphatic rings. The molecule has 0 aromatic heterocycles. The molecule has 2 rings (SSSR count). The molecule has 0 heterocycles. The van der Waals surface area contributed by atoms with Crippen LogP contribution >= 0.6 is 0 Å². The van der Waals surface area contributed by atoms with Crippen LogP contribution < -0.4 is 9.62 Å². The van der Waals surface area contributed by atoms with E-state index in [0.29, 0.717) is 24.5 Å². The minimum atomic E-state index is -3.72. The Bertz CT molecular complexity index is 917. The summed E-state index contributed by atoms with van der Waals surface area (Å²) >= 11 is 0. The molecule has 0 aliphatic carbocycles. The molecule has 0 saturated carbocycles. The molecule has 0 aliphatic heterocycles. The number of amides is 1. The third-order valence-electron chi connectivity index (χ3n) is 4.11. The highest BCUT2D eigenvalue weighted by molar-refractivity contribution is 7.92. The van der Waals surface area contributed by atoms with Gasteiger partial charge >= 0.3 is 0 Å². The number of carbonyl (C=O) groups is 1. The van der Waals surface area contributed by atoms with E-state index in [2.05, 4.69) is 18.5 Å². The molecule has 0 saturated heterocycles. The second kappa shape index (κ2) is 9.75. The van der Waals surface area contributed by atoms with Crippen LogP contribution in [0.4, 0.5) is 11.4 Å². The van der Waals surface area contributed by atoms with Crippen molar-refractivity contribution < 1.29 is 13.2 Å². The van der Waals surface area contributed by atoms with Gasteiger partial charge in [-0.3, -0.25) is 9.10 Å². The molecule has 0 radical (unpaired) electrons. The molecule has 1 amide bonds. The van der Waals surface area contributed by atoms with Crippen molar-refractivity contribution in [2.45, 2.75) is 4.90 Å². The molecule has 7 heteroatoms. The first-order valence-electron chi connectivity index (χ1n) is 8.77. The van der Waals surface area contributed by atoms with Gasteiger partial charge in [0.05, 0.1) is 17.1 Å². The number of nitrogens with zero attached hydrogens (tertiary/aromatic N) is 2. The number of hydrogen-bond donors (Lipinski definition) is 1. The predicted molar refractivity (Wildman–Crippen MR) is 114 cm³/mol. The zero-order valence-corrected chi connectivity index (χ0v) is 16.7. The van der Waals surface area contributed by atoms with Crippen molar-refractivity contribution in [2.24, 2.45) is 0 Å². The van der Waals surface area contributed by atoms with Crippen molar-refractivity contribution in [1.82, 2.24) is 4.90 Å². The Kier molecular flexibility index (Phi) is 7.40. The van der Waals surface area contributed by atoms with Gasteiger partial charge in [0.15, 0.2) is 0 Å². The van der Waals surface area contributed by atoms with Crippen LogP contribution in [0.2, 0.25) is 0 Å². The third-order valence-corrected chi connectivity index (χ3v) is 5.89. The lowest BCUT2D eigenvalue weighted by molar-refractivity contribution is -0.128. The normalized spacial score (nSPS) is 10.8. The zero-order valence-electron chi connectivity index (χ0n) is 15.9. The van der Waals surface area contributed by atoms with E-state index in [0.717, 1.165) is 0 Å². The molecule has 1 N–H and O–H groups in total. The first kappa shape index (κ1) is 21.2. The molecule has 2 aromatic rings. The molecule has 6 nitrogen and oxygen atoms in total. The lowest BCUT2D eigenvalue weighted by Gasteiger charge is -2.21. The quantitative estimate of drug-likeness (QED) is 0.623. The van der Waals surface area contributed by atoms with Crippen LogP contribution in [0, 0.1) is 0 Å². The maximum atomic E-state index is 12.9. The fraction of sp³-hybridized carbons (Fsp3) is 0.190. The first-order chi connectivity index (χ1) is 13.4. The van der Waals surface area contributed by atoms with Gasteiger partial charge in [-0.25, -0.2) is 8.42 Å². The van der Waals surface area contributed by atoms with Gasteiger partial charge < -0.3 is 10.2 Å². The second-order valence-corrected chi connectivity index (χ2v) is 8.03. The number of carbonyl (C=O) groups excluding carboxylic acids is 1. The Morgan fingerprint density at radius 3 is 2.29 bits per heavy atom. The lowest BCUT2D eigenvalue weighted by atomic mass is 10.3. The summed E-state index contributed by atoms with van der Waals surface area (Å²) in [5.41, 5.74) is 1.12. The van der Waals surface area contributed by atoms with Gasteiger partial charge in [-0.15, -0.1) is 13.2 Å². The van der Waals surface area contributed by atoms with Gasteiger partial charge in [-0.2, -0.15) is 0 Å².